The molecule has 3 aromatic heterocycles. The van der Waals surface area contributed by atoms with E-state index in [4.69, 9.17) is 0 Å². The van der Waals surface area contributed by atoms with E-state index >= 15 is 0 Å². The molecule has 1 aliphatic rings. The molecule has 0 spiro atoms. The fourth-order valence-electron chi connectivity index (χ4n) is 3.14. The molecule has 1 aromatic carbocycles. The van der Waals surface area contributed by atoms with Crippen LogP contribution >= 0.6 is 0 Å². The van der Waals surface area contributed by atoms with Crippen molar-refractivity contribution in [2.24, 2.45) is 4.99 Å². The van der Waals surface area contributed by atoms with Crippen LogP contribution in [0.3, 0.4) is 0 Å². The molecule has 1 saturated carbocycles. The van der Waals surface area contributed by atoms with Gasteiger partial charge in [-0.15, -0.1) is 0 Å². The quantitative estimate of drug-likeness (QED) is 0.380. The molecule has 0 radical (unpaired) electrons. The summed E-state index contributed by atoms with van der Waals surface area (Å²) in [6.07, 6.45) is 5.28. The average Bonchev–Trinajstić information content (AvgIpc) is 3.36. The molecule has 4 N–H and O–H groups in total. The number of aryl methyl sites for hydroxylation is 1. The zero-order valence-electron chi connectivity index (χ0n) is 16.3. The molecule has 1 fully saturated rings. The van der Waals surface area contributed by atoms with Gasteiger partial charge >= 0.3 is 5.69 Å². The molecule has 30 heavy (non-hydrogen) atoms. The first-order valence-corrected chi connectivity index (χ1v) is 9.68. The van der Waals surface area contributed by atoms with Gasteiger partial charge in [-0.3, -0.25) is 4.98 Å². The van der Waals surface area contributed by atoms with Crippen LogP contribution in [0.15, 0.2) is 40.2 Å². The third kappa shape index (κ3) is 3.54. The number of imidazole rings is 1. The Balaban J connectivity index is 1.60. The highest BCUT2D eigenvalue weighted by Gasteiger charge is 2.21. The molecule has 0 bridgehead atoms. The summed E-state index contributed by atoms with van der Waals surface area (Å²) in [5, 5.41) is 18.1. The van der Waals surface area contributed by atoms with E-state index in [1.165, 1.54) is 5.56 Å². The van der Waals surface area contributed by atoms with Gasteiger partial charge in [-0.05, 0) is 37.0 Å². The first-order chi connectivity index (χ1) is 14.6. The van der Waals surface area contributed by atoms with E-state index < -0.39 is 5.69 Å². The summed E-state index contributed by atoms with van der Waals surface area (Å²) in [6.45, 7) is 2.63. The van der Waals surface area contributed by atoms with Gasteiger partial charge in [-0.25, -0.2) is 9.79 Å². The lowest BCUT2D eigenvalue weighted by Gasteiger charge is -2.07. The number of H-pyrrole nitrogens is 2. The summed E-state index contributed by atoms with van der Waals surface area (Å²) >= 11 is 0. The lowest BCUT2D eigenvalue weighted by Crippen LogP contribution is -2.24. The number of fused-ring (bicyclic) bond motifs is 1. The van der Waals surface area contributed by atoms with E-state index in [1.807, 2.05) is 12.1 Å². The van der Waals surface area contributed by atoms with Gasteiger partial charge in [0.1, 0.15) is 5.69 Å². The van der Waals surface area contributed by atoms with Crippen molar-refractivity contribution < 1.29 is 5.11 Å². The van der Waals surface area contributed by atoms with E-state index in [0.29, 0.717) is 29.0 Å². The monoisotopic (exact) mass is 404 g/mol. The van der Waals surface area contributed by atoms with E-state index in [0.717, 1.165) is 18.4 Å². The number of hydrogen-bond acceptors (Lipinski definition) is 7. The Labute approximate surface area is 170 Å². The molecule has 0 saturated heterocycles. The van der Waals surface area contributed by atoms with E-state index in [9.17, 15) is 9.90 Å². The SMILES string of the molecule is Cc1ccccc1CNc1nc(=NC2CC2)n2ncc(=Cc3[nH]c(=O)[nH]c3O)c2n1. The number of anilines is 1. The molecule has 0 atom stereocenters. The number of nitrogens with zero attached hydrogens (tertiary/aromatic N) is 5. The molecule has 152 valence electrons. The van der Waals surface area contributed by atoms with Crippen molar-refractivity contribution in [2.75, 3.05) is 5.32 Å². The van der Waals surface area contributed by atoms with Crippen molar-refractivity contribution in [3.63, 3.8) is 0 Å². The summed E-state index contributed by atoms with van der Waals surface area (Å²) in [5.41, 5.74) is 3.09. The third-order valence-electron chi connectivity index (χ3n) is 4.96. The maximum Gasteiger partial charge on any atom is 0.326 e. The molecule has 3 heterocycles. The minimum absolute atomic E-state index is 0.241. The van der Waals surface area contributed by atoms with Crippen LogP contribution in [0.4, 0.5) is 5.95 Å². The summed E-state index contributed by atoms with van der Waals surface area (Å²) in [4.78, 5) is 30.1. The summed E-state index contributed by atoms with van der Waals surface area (Å²) in [5.74, 6) is 0.196. The molecular formula is C20H20N8O2. The molecule has 10 heteroatoms. The van der Waals surface area contributed by atoms with E-state index in [1.54, 1.807) is 16.8 Å². The summed E-state index contributed by atoms with van der Waals surface area (Å²) < 4.78 is 1.57. The van der Waals surface area contributed by atoms with Crippen molar-refractivity contribution in [1.29, 1.82) is 0 Å². The van der Waals surface area contributed by atoms with Gasteiger partial charge < -0.3 is 15.4 Å². The fraction of sp³-hybridized carbons (Fsp3) is 0.250. The highest BCUT2D eigenvalue weighted by molar-refractivity contribution is 5.57. The van der Waals surface area contributed by atoms with Crippen LogP contribution in [0, 0.1) is 6.92 Å². The number of nitrogens with one attached hydrogen (secondary N) is 3. The summed E-state index contributed by atoms with van der Waals surface area (Å²) in [6, 6.07) is 8.37. The van der Waals surface area contributed by atoms with Crippen LogP contribution in [-0.4, -0.2) is 40.7 Å². The molecule has 5 rings (SSSR count). The Morgan fingerprint density at radius 2 is 2.13 bits per heavy atom. The minimum atomic E-state index is -0.491. The maximum atomic E-state index is 11.4. The van der Waals surface area contributed by atoms with Crippen molar-refractivity contribution in [2.45, 2.75) is 32.4 Å². The van der Waals surface area contributed by atoms with Crippen LogP contribution in [0.1, 0.15) is 29.7 Å². The topological polar surface area (TPSA) is 136 Å². The largest absolute Gasteiger partial charge is 0.493 e. The Morgan fingerprint density at radius 1 is 1.30 bits per heavy atom. The highest BCUT2D eigenvalue weighted by atomic mass is 16.3. The van der Waals surface area contributed by atoms with Gasteiger partial charge in [-0.2, -0.15) is 19.6 Å². The van der Waals surface area contributed by atoms with Crippen LogP contribution < -0.4 is 21.8 Å². The predicted molar refractivity (Wildman–Crippen MR) is 110 cm³/mol. The Kier molecular flexibility index (Phi) is 4.31. The number of aromatic amines is 2. The number of aromatic nitrogens is 6. The maximum absolute atomic E-state index is 11.4. The number of benzene rings is 1. The Bertz CT molecular complexity index is 1410. The van der Waals surface area contributed by atoms with Crippen molar-refractivity contribution >= 4 is 17.7 Å². The van der Waals surface area contributed by atoms with Gasteiger partial charge in [0.25, 0.3) is 5.62 Å². The zero-order valence-corrected chi connectivity index (χ0v) is 16.3. The highest BCUT2D eigenvalue weighted by Crippen LogP contribution is 2.22. The first kappa shape index (κ1) is 18.1. The van der Waals surface area contributed by atoms with Crippen LogP contribution in [-0.2, 0) is 6.54 Å². The lowest BCUT2D eigenvalue weighted by atomic mass is 10.1. The second-order valence-corrected chi connectivity index (χ2v) is 7.31. The second-order valence-electron chi connectivity index (χ2n) is 7.31. The van der Waals surface area contributed by atoms with Gasteiger partial charge in [-0.1, -0.05) is 24.3 Å². The number of hydrogen-bond donors (Lipinski definition) is 4. The van der Waals surface area contributed by atoms with Gasteiger partial charge in [0.05, 0.1) is 12.2 Å². The zero-order chi connectivity index (χ0) is 20.7. The van der Waals surface area contributed by atoms with Crippen LogP contribution in [0.25, 0.3) is 11.7 Å². The molecule has 0 amide bonds. The average molecular weight is 404 g/mol. The Morgan fingerprint density at radius 3 is 2.87 bits per heavy atom. The standard InChI is InChI=1S/C20H20N8O2/c1-11-4-2-3-5-12(11)9-21-18-25-16-13(8-15-17(29)26-20(30)24-15)10-22-28(16)19(27-18)23-14-6-7-14/h2-5,8,10,14,29H,6-7,9H2,1H3,(H,21,23,27)(H2,24,26,30). The van der Waals surface area contributed by atoms with Crippen molar-refractivity contribution in [3.05, 3.63) is 68.6 Å². The second kappa shape index (κ2) is 7.14. The van der Waals surface area contributed by atoms with Gasteiger partial charge in [0.15, 0.2) is 5.65 Å². The Hall–Kier alpha value is -3.95. The lowest BCUT2D eigenvalue weighted by molar-refractivity contribution is 0.454. The van der Waals surface area contributed by atoms with Crippen LogP contribution in [0.5, 0.6) is 5.88 Å². The smallest absolute Gasteiger partial charge is 0.326 e. The van der Waals surface area contributed by atoms with Crippen LogP contribution in [0.2, 0.25) is 0 Å². The van der Waals surface area contributed by atoms with Crippen molar-refractivity contribution in [1.82, 2.24) is 29.5 Å². The summed E-state index contributed by atoms with van der Waals surface area (Å²) in [7, 11) is 0. The molecular weight excluding hydrogens is 384 g/mol. The van der Waals surface area contributed by atoms with E-state index in [-0.39, 0.29) is 17.6 Å². The predicted octanol–water partition coefficient (Wildman–Crippen LogP) is 0.378. The molecule has 4 aromatic rings. The number of rotatable bonds is 5. The van der Waals surface area contributed by atoms with Gasteiger partial charge in [0, 0.05) is 11.8 Å². The first-order valence-electron chi connectivity index (χ1n) is 9.68. The number of aromatic hydroxyl groups is 1. The van der Waals surface area contributed by atoms with E-state index in [2.05, 4.69) is 54.4 Å². The molecule has 0 aliphatic heterocycles. The van der Waals surface area contributed by atoms with Gasteiger partial charge in [0.2, 0.25) is 11.8 Å². The third-order valence-corrected chi connectivity index (χ3v) is 4.96. The molecule has 0 unspecified atom stereocenters. The normalized spacial score (nSPS) is 15.2. The minimum Gasteiger partial charge on any atom is -0.493 e. The molecule has 1 aliphatic carbocycles. The molecule has 10 nitrogen and oxygen atoms in total. The fourth-order valence-corrected chi connectivity index (χ4v) is 3.14. The van der Waals surface area contributed by atoms with Crippen molar-refractivity contribution in [3.8, 4) is 5.88 Å².